The maximum atomic E-state index is 11.9. The quantitative estimate of drug-likeness (QED) is 0.475. The van der Waals surface area contributed by atoms with Gasteiger partial charge in [-0.25, -0.2) is 5.43 Å². The largest absolute Gasteiger partial charge is 0.489 e. The highest BCUT2D eigenvalue weighted by Gasteiger charge is 2.04. The number of carbonyl (C=O) groups excluding carboxylic acids is 1. The standard InChI is InChI=1S/C23H22N2O3/c1-18(20-10-6-3-7-11-20)24-25-23(26)17-28-22-14-12-21(13-15-22)27-16-19-8-4-2-5-9-19/h2-15H,16-17H2,1H3,(H,25,26). The molecule has 0 spiro atoms. The Morgan fingerprint density at radius 1 is 0.821 bits per heavy atom. The van der Waals surface area contributed by atoms with Crippen LogP contribution in [-0.2, 0) is 11.4 Å². The van der Waals surface area contributed by atoms with Gasteiger partial charge in [0.1, 0.15) is 18.1 Å². The molecular formula is C23H22N2O3. The van der Waals surface area contributed by atoms with Gasteiger partial charge in [-0.05, 0) is 42.3 Å². The molecule has 5 heteroatoms. The topological polar surface area (TPSA) is 59.9 Å². The Morgan fingerprint density at radius 3 is 2.04 bits per heavy atom. The molecule has 5 nitrogen and oxygen atoms in total. The Labute approximate surface area is 164 Å². The number of rotatable bonds is 8. The fourth-order valence-electron chi connectivity index (χ4n) is 2.44. The van der Waals surface area contributed by atoms with Crippen LogP contribution in [0.2, 0.25) is 0 Å². The number of hydrogen-bond acceptors (Lipinski definition) is 4. The van der Waals surface area contributed by atoms with Crippen molar-refractivity contribution in [3.8, 4) is 11.5 Å². The number of hydrazone groups is 1. The summed E-state index contributed by atoms with van der Waals surface area (Å²) >= 11 is 0. The highest BCUT2D eigenvalue weighted by atomic mass is 16.5. The summed E-state index contributed by atoms with van der Waals surface area (Å²) in [6.45, 7) is 2.22. The average molecular weight is 374 g/mol. The van der Waals surface area contributed by atoms with Crippen LogP contribution in [0.1, 0.15) is 18.1 Å². The van der Waals surface area contributed by atoms with Crippen LogP contribution in [-0.4, -0.2) is 18.2 Å². The summed E-state index contributed by atoms with van der Waals surface area (Å²) in [6, 6.07) is 26.8. The lowest BCUT2D eigenvalue weighted by atomic mass is 10.1. The second-order valence-electron chi connectivity index (χ2n) is 6.13. The summed E-state index contributed by atoms with van der Waals surface area (Å²) in [5.41, 5.74) is 5.29. The van der Waals surface area contributed by atoms with Crippen molar-refractivity contribution in [2.24, 2.45) is 5.10 Å². The van der Waals surface area contributed by atoms with Crippen LogP contribution < -0.4 is 14.9 Å². The van der Waals surface area contributed by atoms with Gasteiger partial charge in [-0.2, -0.15) is 5.10 Å². The van der Waals surface area contributed by atoms with E-state index in [0.717, 1.165) is 22.6 Å². The summed E-state index contributed by atoms with van der Waals surface area (Å²) in [5, 5.41) is 4.09. The van der Waals surface area contributed by atoms with Crippen molar-refractivity contribution in [2.75, 3.05) is 6.61 Å². The van der Waals surface area contributed by atoms with Gasteiger partial charge in [0, 0.05) is 0 Å². The monoisotopic (exact) mass is 374 g/mol. The SMILES string of the molecule is CC(=NNC(=O)COc1ccc(OCc2ccccc2)cc1)c1ccccc1. The van der Waals surface area contributed by atoms with E-state index < -0.39 is 0 Å². The molecule has 3 aromatic rings. The van der Waals surface area contributed by atoms with E-state index in [9.17, 15) is 4.79 Å². The second kappa shape index (κ2) is 9.92. The molecule has 0 unspecified atom stereocenters. The highest BCUT2D eigenvalue weighted by Crippen LogP contribution is 2.18. The summed E-state index contributed by atoms with van der Waals surface area (Å²) in [7, 11) is 0. The van der Waals surface area contributed by atoms with E-state index >= 15 is 0 Å². The average Bonchev–Trinajstić information content (AvgIpc) is 2.76. The van der Waals surface area contributed by atoms with Crippen LogP contribution in [0.4, 0.5) is 0 Å². The van der Waals surface area contributed by atoms with Crippen molar-refractivity contribution in [3.05, 3.63) is 96.1 Å². The Morgan fingerprint density at radius 2 is 1.39 bits per heavy atom. The van der Waals surface area contributed by atoms with Crippen LogP contribution in [0.3, 0.4) is 0 Å². The number of nitrogens with zero attached hydrogens (tertiary/aromatic N) is 1. The van der Waals surface area contributed by atoms with Crippen molar-refractivity contribution >= 4 is 11.6 Å². The molecule has 0 heterocycles. The Hall–Kier alpha value is -3.60. The minimum Gasteiger partial charge on any atom is -0.489 e. The van der Waals surface area contributed by atoms with E-state index in [4.69, 9.17) is 9.47 Å². The molecule has 1 amide bonds. The molecule has 3 rings (SSSR count). The third-order valence-corrected chi connectivity index (χ3v) is 3.98. The lowest BCUT2D eigenvalue weighted by Crippen LogP contribution is -2.25. The molecule has 0 saturated carbocycles. The highest BCUT2D eigenvalue weighted by molar-refractivity contribution is 5.99. The van der Waals surface area contributed by atoms with E-state index in [1.165, 1.54) is 0 Å². The van der Waals surface area contributed by atoms with Gasteiger partial charge in [0.2, 0.25) is 0 Å². The van der Waals surface area contributed by atoms with Crippen LogP contribution >= 0.6 is 0 Å². The Bertz CT molecular complexity index is 908. The van der Waals surface area contributed by atoms with E-state index in [1.807, 2.05) is 79.7 Å². The van der Waals surface area contributed by atoms with Crippen LogP contribution in [0.15, 0.2) is 90.0 Å². The summed E-state index contributed by atoms with van der Waals surface area (Å²) in [6.07, 6.45) is 0. The maximum absolute atomic E-state index is 11.9. The molecule has 0 bridgehead atoms. The summed E-state index contributed by atoms with van der Waals surface area (Å²) < 4.78 is 11.2. The molecule has 0 aliphatic rings. The van der Waals surface area contributed by atoms with Crippen LogP contribution in [0.5, 0.6) is 11.5 Å². The predicted molar refractivity (Wildman–Crippen MR) is 110 cm³/mol. The molecule has 142 valence electrons. The molecule has 0 aliphatic heterocycles. The lowest BCUT2D eigenvalue weighted by Gasteiger charge is -2.08. The predicted octanol–water partition coefficient (Wildman–Crippen LogP) is 4.18. The number of benzene rings is 3. The lowest BCUT2D eigenvalue weighted by molar-refractivity contribution is -0.123. The van der Waals surface area contributed by atoms with E-state index in [-0.39, 0.29) is 12.5 Å². The first-order valence-corrected chi connectivity index (χ1v) is 8.99. The second-order valence-corrected chi connectivity index (χ2v) is 6.13. The first kappa shape index (κ1) is 19.2. The van der Waals surface area contributed by atoms with Gasteiger partial charge < -0.3 is 9.47 Å². The summed E-state index contributed by atoms with van der Waals surface area (Å²) in [4.78, 5) is 11.9. The minimum atomic E-state index is -0.320. The number of hydrogen-bond donors (Lipinski definition) is 1. The van der Waals surface area contributed by atoms with Crippen molar-refractivity contribution in [2.45, 2.75) is 13.5 Å². The van der Waals surface area contributed by atoms with Crippen molar-refractivity contribution in [1.82, 2.24) is 5.43 Å². The molecule has 0 saturated heterocycles. The Balaban J connectivity index is 1.43. The first-order valence-electron chi connectivity index (χ1n) is 8.99. The van der Waals surface area contributed by atoms with E-state index in [0.29, 0.717) is 12.4 Å². The maximum Gasteiger partial charge on any atom is 0.277 e. The molecule has 0 atom stereocenters. The third kappa shape index (κ3) is 5.99. The van der Waals surface area contributed by atoms with Gasteiger partial charge in [-0.15, -0.1) is 0 Å². The van der Waals surface area contributed by atoms with Crippen molar-refractivity contribution in [3.63, 3.8) is 0 Å². The first-order chi connectivity index (χ1) is 13.7. The van der Waals surface area contributed by atoms with Crippen LogP contribution in [0.25, 0.3) is 0 Å². The fraction of sp³-hybridized carbons (Fsp3) is 0.130. The smallest absolute Gasteiger partial charge is 0.277 e. The molecule has 0 aromatic heterocycles. The van der Waals surface area contributed by atoms with E-state index in [2.05, 4.69) is 10.5 Å². The molecule has 0 aliphatic carbocycles. The Kier molecular flexibility index (Phi) is 6.79. The van der Waals surface area contributed by atoms with Crippen molar-refractivity contribution < 1.29 is 14.3 Å². The number of ether oxygens (including phenoxy) is 2. The molecule has 0 fully saturated rings. The van der Waals surface area contributed by atoms with Gasteiger partial charge in [-0.1, -0.05) is 60.7 Å². The number of amides is 1. The van der Waals surface area contributed by atoms with Crippen LogP contribution in [0, 0.1) is 0 Å². The summed E-state index contributed by atoms with van der Waals surface area (Å²) in [5.74, 6) is 1.01. The van der Waals surface area contributed by atoms with Gasteiger partial charge in [0.25, 0.3) is 5.91 Å². The number of nitrogens with one attached hydrogen (secondary N) is 1. The minimum absolute atomic E-state index is 0.115. The third-order valence-electron chi connectivity index (χ3n) is 3.98. The molecule has 0 radical (unpaired) electrons. The fourth-order valence-corrected chi connectivity index (χ4v) is 2.44. The molecular weight excluding hydrogens is 352 g/mol. The normalized spacial score (nSPS) is 11.0. The zero-order valence-corrected chi connectivity index (χ0v) is 15.7. The van der Waals surface area contributed by atoms with E-state index in [1.54, 1.807) is 12.1 Å². The van der Waals surface area contributed by atoms with Gasteiger partial charge in [0.15, 0.2) is 6.61 Å². The zero-order valence-electron chi connectivity index (χ0n) is 15.7. The zero-order chi connectivity index (χ0) is 19.6. The number of carbonyl (C=O) groups is 1. The molecule has 1 N–H and O–H groups in total. The van der Waals surface area contributed by atoms with Gasteiger partial charge in [-0.3, -0.25) is 4.79 Å². The molecule has 28 heavy (non-hydrogen) atoms. The van der Waals surface area contributed by atoms with Gasteiger partial charge >= 0.3 is 0 Å². The van der Waals surface area contributed by atoms with Crippen molar-refractivity contribution in [1.29, 1.82) is 0 Å². The molecule has 3 aromatic carbocycles. The van der Waals surface area contributed by atoms with Gasteiger partial charge in [0.05, 0.1) is 5.71 Å².